The number of likely N-dealkylation sites (N-methyl/N-ethyl adjacent to an activating group) is 1. The van der Waals surface area contributed by atoms with Gasteiger partial charge in [0.05, 0.1) is 12.0 Å². The fraction of sp³-hybridized carbons (Fsp3) is 0.333. The number of likely N-dealkylation sites (tertiary alicyclic amines) is 1. The number of aryl methyl sites for hydroxylation is 2. The first-order chi connectivity index (χ1) is 10.5. The average molecular weight is 295 g/mol. The number of carbonyl (C=O) groups excluding carboxylic acids is 1. The molecule has 0 bridgehead atoms. The van der Waals surface area contributed by atoms with Crippen molar-refractivity contribution in [2.24, 2.45) is 0 Å². The second-order valence-corrected chi connectivity index (χ2v) is 5.97. The van der Waals surface area contributed by atoms with Gasteiger partial charge in [0.25, 0.3) is 0 Å². The maximum absolute atomic E-state index is 12.2. The first-order valence-corrected chi connectivity index (χ1v) is 7.62. The molecule has 0 N–H and O–H groups in total. The molecule has 4 heteroatoms. The van der Waals surface area contributed by atoms with E-state index in [9.17, 15) is 4.79 Å². The number of aromatic nitrogens is 2. The monoisotopic (exact) mass is 295 g/mol. The lowest BCUT2D eigenvalue weighted by Gasteiger charge is -2.24. The van der Waals surface area contributed by atoms with Gasteiger partial charge < -0.3 is 9.47 Å². The molecule has 0 saturated carbocycles. The number of benzene rings is 1. The molecule has 1 saturated heterocycles. The number of nitrogens with zero attached hydrogens (tertiary/aromatic N) is 3. The largest absolute Gasteiger partial charge is 0.342 e. The minimum atomic E-state index is 0.151. The Balaban J connectivity index is 1.90. The number of imidazole rings is 1. The van der Waals surface area contributed by atoms with Crippen LogP contribution in [-0.4, -0.2) is 34.0 Å². The normalized spacial score (nSPS) is 17.3. The molecule has 4 nitrogen and oxygen atoms in total. The number of carbonyl (C=O) groups is 1. The summed E-state index contributed by atoms with van der Waals surface area (Å²) in [6.45, 7) is 4.92. The molecule has 22 heavy (non-hydrogen) atoms. The third-order valence-electron chi connectivity index (χ3n) is 4.11. The van der Waals surface area contributed by atoms with Gasteiger partial charge in [-0.1, -0.05) is 6.07 Å². The van der Waals surface area contributed by atoms with Gasteiger partial charge in [0, 0.05) is 31.0 Å². The molecule has 3 rings (SSSR count). The average Bonchev–Trinajstić information content (AvgIpc) is 2.90. The van der Waals surface area contributed by atoms with E-state index in [-0.39, 0.29) is 5.91 Å². The van der Waals surface area contributed by atoms with Crippen LogP contribution in [0.3, 0.4) is 0 Å². The molecule has 114 valence electrons. The highest BCUT2D eigenvalue weighted by Gasteiger charge is 2.19. The van der Waals surface area contributed by atoms with Crippen molar-refractivity contribution in [2.45, 2.75) is 26.7 Å². The molecule has 0 radical (unpaired) electrons. The number of hydrogen-bond acceptors (Lipinski definition) is 2. The minimum Gasteiger partial charge on any atom is -0.342 e. The van der Waals surface area contributed by atoms with Crippen LogP contribution >= 0.6 is 0 Å². The van der Waals surface area contributed by atoms with Crippen LogP contribution < -0.4 is 0 Å². The molecular formula is C18H21N3O. The van der Waals surface area contributed by atoms with Gasteiger partial charge in [-0.25, -0.2) is 4.98 Å². The van der Waals surface area contributed by atoms with E-state index in [0.717, 1.165) is 41.9 Å². The highest BCUT2D eigenvalue weighted by molar-refractivity contribution is 5.98. The first-order valence-electron chi connectivity index (χ1n) is 7.62. The summed E-state index contributed by atoms with van der Waals surface area (Å²) in [7, 11) is 1.87. The zero-order valence-corrected chi connectivity index (χ0v) is 13.3. The lowest BCUT2D eigenvalue weighted by Crippen LogP contribution is -2.33. The van der Waals surface area contributed by atoms with Gasteiger partial charge in [0.1, 0.15) is 0 Å². The van der Waals surface area contributed by atoms with Crippen molar-refractivity contribution in [3.8, 4) is 5.69 Å². The molecule has 1 aliphatic rings. The fourth-order valence-corrected chi connectivity index (χ4v) is 2.91. The van der Waals surface area contributed by atoms with E-state index in [1.807, 2.05) is 37.1 Å². The fourth-order valence-electron chi connectivity index (χ4n) is 2.91. The molecule has 1 aromatic heterocycles. The van der Waals surface area contributed by atoms with Crippen molar-refractivity contribution >= 4 is 12.0 Å². The van der Waals surface area contributed by atoms with Crippen molar-refractivity contribution in [3.05, 3.63) is 53.1 Å². The lowest BCUT2D eigenvalue weighted by atomic mass is 10.00. The summed E-state index contributed by atoms with van der Waals surface area (Å²) < 4.78 is 2.03. The number of hydrogen-bond donors (Lipinski definition) is 0. The Morgan fingerprint density at radius 1 is 1.27 bits per heavy atom. The molecule has 1 amide bonds. The summed E-state index contributed by atoms with van der Waals surface area (Å²) in [5.74, 6) is 0.151. The van der Waals surface area contributed by atoms with Crippen molar-refractivity contribution in [1.29, 1.82) is 0 Å². The van der Waals surface area contributed by atoms with Gasteiger partial charge in [-0.15, -0.1) is 0 Å². The molecule has 0 aliphatic carbocycles. The van der Waals surface area contributed by atoms with Crippen molar-refractivity contribution in [1.82, 2.24) is 14.5 Å². The zero-order chi connectivity index (χ0) is 15.7. The highest BCUT2D eigenvalue weighted by Crippen LogP contribution is 2.22. The van der Waals surface area contributed by atoms with E-state index in [1.54, 1.807) is 4.90 Å². The molecule has 0 unspecified atom stereocenters. The molecule has 1 fully saturated rings. The second kappa shape index (κ2) is 5.79. The van der Waals surface area contributed by atoms with Crippen molar-refractivity contribution in [3.63, 3.8) is 0 Å². The highest BCUT2D eigenvalue weighted by atomic mass is 16.2. The molecule has 1 aromatic carbocycles. The summed E-state index contributed by atoms with van der Waals surface area (Å²) in [5.41, 5.74) is 5.27. The van der Waals surface area contributed by atoms with E-state index in [2.05, 4.69) is 30.1 Å². The van der Waals surface area contributed by atoms with E-state index in [4.69, 9.17) is 0 Å². The summed E-state index contributed by atoms with van der Waals surface area (Å²) in [6, 6.07) is 6.27. The van der Waals surface area contributed by atoms with Gasteiger partial charge in [-0.2, -0.15) is 0 Å². The SMILES string of the molecule is Cc1cn(-c2ccc(/C=C3\CCCN(C)C3=O)cc2C)cn1. The molecule has 1 aliphatic heterocycles. The number of rotatable bonds is 2. The molecule has 0 spiro atoms. The predicted molar refractivity (Wildman–Crippen MR) is 87.9 cm³/mol. The Morgan fingerprint density at radius 3 is 2.77 bits per heavy atom. The van der Waals surface area contributed by atoms with E-state index >= 15 is 0 Å². The van der Waals surface area contributed by atoms with Crippen LogP contribution in [0.25, 0.3) is 11.8 Å². The van der Waals surface area contributed by atoms with Crippen LogP contribution in [0.4, 0.5) is 0 Å². The summed E-state index contributed by atoms with van der Waals surface area (Å²) in [5, 5.41) is 0. The van der Waals surface area contributed by atoms with Gasteiger partial charge >= 0.3 is 0 Å². The van der Waals surface area contributed by atoms with Crippen LogP contribution in [0.15, 0.2) is 36.3 Å². The zero-order valence-electron chi connectivity index (χ0n) is 13.3. The quantitative estimate of drug-likeness (QED) is 0.798. The van der Waals surface area contributed by atoms with E-state index < -0.39 is 0 Å². The maximum atomic E-state index is 12.2. The summed E-state index contributed by atoms with van der Waals surface area (Å²) in [4.78, 5) is 18.2. The smallest absolute Gasteiger partial charge is 0.249 e. The maximum Gasteiger partial charge on any atom is 0.249 e. The summed E-state index contributed by atoms with van der Waals surface area (Å²) in [6.07, 6.45) is 7.77. The van der Waals surface area contributed by atoms with Crippen LogP contribution in [0, 0.1) is 13.8 Å². The molecule has 2 heterocycles. The second-order valence-electron chi connectivity index (χ2n) is 5.97. The molecule has 0 atom stereocenters. The van der Waals surface area contributed by atoms with E-state index in [1.165, 1.54) is 5.56 Å². The number of amides is 1. The summed E-state index contributed by atoms with van der Waals surface area (Å²) >= 11 is 0. The van der Waals surface area contributed by atoms with Gasteiger partial charge in [0.15, 0.2) is 0 Å². The van der Waals surface area contributed by atoms with Gasteiger partial charge in [-0.05, 0) is 56.0 Å². The number of piperidine rings is 1. The van der Waals surface area contributed by atoms with Crippen LogP contribution in [0.1, 0.15) is 29.7 Å². The van der Waals surface area contributed by atoms with Crippen molar-refractivity contribution in [2.75, 3.05) is 13.6 Å². The third-order valence-corrected chi connectivity index (χ3v) is 4.11. The Bertz CT molecular complexity index is 743. The third kappa shape index (κ3) is 2.82. The Kier molecular flexibility index (Phi) is 3.84. The predicted octanol–water partition coefficient (Wildman–Crippen LogP) is 3.12. The lowest BCUT2D eigenvalue weighted by molar-refractivity contribution is -0.127. The van der Waals surface area contributed by atoms with E-state index in [0.29, 0.717) is 0 Å². The Morgan fingerprint density at radius 2 is 2.09 bits per heavy atom. The van der Waals surface area contributed by atoms with Crippen LogP contribution in [0.5, 0.6) is 0 Å². The molecule has 2 aromatic rings. The van der Waals surface area contributed by atoms with Gasteiger partial charge in [-0.3, -0.25) is 4.79 Å². The first kappa shape index (κ1) is 14.6. The Labute approximate surface area is 131 Å². The molecular weight excluding hydrogens is 274 g/mol. The topological polar surface area (TPSA) is 38.1 Å². The minimum absolute atomic E-state index is 0.151. The van der Waals surface area contributed by atoms with Crippen LogP contribution in [0.2, 0.25) is 0 Å². The van der Waals surface area contributed by atoms with Crippen molar-refractivity contribution < 1.29 is 4.79 Å². The standard InChI is InChI=1S/C18H21N3O/c1-13-9-15(10-16-5-4-8-20(3)18(16)22)6-7-17(13)21-11-14(2)19-12-21/h6-7,9-12H,4-5,8H2,1-3H3/b16-10+. The van der Waals surface area contributed by atoms with Gasteiger partial charge in [0.2, 0.25) is 5.91 Å². The van der Waals surface area contributed by atoms with Crippen LogP contribution in [-0.2, 0) is 4.79 Å². The Hall–Kier alpha value is -2.36.